The van der Waals surface area contributed by atoms with Crippen molar-refractivity contribution in [3.8, 4) is 45.5 Å². The Morgan fingerprint density at radius 3 is 1.16 bits per heavy atom. The molecular formula is C84H90Cl2N8O14. The van der Waals surface area contributed by atoms with E-state index in [1.807, 2.05) is 198 Å². The van der Waals surface area contributed by atoms with Gasteiger partial charge >= 0.3 is 36.1 Å². The van der Waals surface area contributed by atoms with Gasteiger partial charge in [-0.3, -0.25) is 9.80 Å². The van der Waals surface area contributed by atoms with Crippen LogP contribution < -0.4 is 9.47 Å². The van der Waals surface area contributed by atoms with E-state index in [1.165, 1.54) is 11.8 Å². The fourth-order valence-electron chi connectivity index (χ4n) is 11.2. The van der Waals surface area contributed by atoms with Crippen LogP contribution >= 0.6 is 23.2 Å². The van der Waals surface area contributed by atoms with Crippen LogP contribution in [0.3, 0.4) is 0 Å². The lowest BCUT2D eigenvalue weighted by molar-refractivity contribution is -0.161. The third kappa shape index (κ3) is 23.6. The number of amides is 2. The first-order valence-electron chi connectivity index (χ1n) is 35.0. The second kappa shape index (κ2) is 38.3. The number of rotatable bonds is 30. The van der Waals surface area contributed by atoms with Gasteiger partial charge in [-0.05, 0) is 158 Å². The number of ether oxygens (including phenoxy) is 7. The molecule has 4 atom stereocenters. The van der Waals surface area contributed by atoms with Gasteiger partial charge in [-0.1, -0.05) is 157 Å². The van der Waals surface area contributed by atoms with Crippen molar-refractivity contribution in [3.05, 3.63) is 274 Å². The monoisotopic (exact) mass is 1500 g/mol. The van der Waals surface area contributed by atoms with Crippen molar-refractivity contribution < 1.29 is 67.0 Å². The van der Waals surface area contributed by atoms with E-state index in [0.29, 0.717) is 57.3 Å². The molecule has 24 heteroatoms. The van der Waals surface area contributed by atoms with E-state index < -0.39 is 66.0 Å². The number of carbonyl (C=O) groups excluding carboxylic acids is 5. The lowest BCUT2D eigenvalue weighted by atomic mass is 10.1. The van der Waals surface area contributed by atoms with Crippen LogP contribution in [-0.2, 0) is 109 Å². The first-order valence-corrected chi connectivity index (χ1v) is 35.7. The van der Waals surface area contributed by atoms with Crippen LogP contribution in [-0.4, -0.2) is 138 Å². The van der Waals surface area contributed by atoms with E-state index in [1.54, 1.807) is 100 Å². The summed E-state index contributed by atoms with van der Waals surface area (Å²) in [6.45, 7) is 9.14. The molecule has 564 valence electrons. The number of hydrogen-bond acceptors (Lipinski definition) is 17. The number of esters is 3. The lowest BCUT2D eigenvalue weighted by Crippen LogP contribution is -2.47. The number of imidazole rings is 2. The molecule has 2 aromatic heterocycles. The number of benzene rings is 8. The summed E-state index contributed by atoms with van der Waals surface area (Å²) in [5, 5.41) is 10.8. The summed E-state index contributed by atoms with van der Waals surface area (Å²) in [7, 11) is 11.9. The smallest absolute Gasteiger partial charge is 0.411 e. The van der Waals surface area contributed by atoms with Crippen LogP contribution in [0.5, 0.6) is 23.0 Å². The minimum atomic E-state index is -1.35. The lowest BCUT2D eigenvalue weighted by Gasteiger charge is -2.31. The molecule has 0 bridgehead atoms. The number of aliphatic carboxylic acids is 1. The van der Waals surface area contributed by atoms with Gasteiger partial charge in [0, 0.05) is 59.2 Å². The maximum atomic E-state index is 14.2. The van der Waals surface area contributed by atoms with Crippen molar-refractivity contribution in [3.63, 3.8) is 0 Å². The minimum absolute atomic E-state index is 0.00738. The van der Waals surface area contributed by atoms with Gasteiger partial charge in [0.15, 0.2) is 0 Å². The Hall–Kier alpha value is -11.3. The van der Waals surface area contributed by atoms with Gasteiger partial charge in [-0.2, -0.15) is 0 Å². The summed E-state index contributed by atoms with van der Waals surface area (Å²) < 4.78 is 45.2. The maximum absolute atomic E-state index is 14.2. The first-order chi connectivity index (χ1) is 51.6. The number of nitrogens with zero attached hydrogens (tertiary/aromatic N) is 8. The molecule has 0 spiro atoms. The molecule has 10 aromatic rings. The van der Waals surface area contributed by atoms with Crippen LogP contribution in [0, 0.1) is 0 Å². The van der Waals surface area contributed by atoms with Crippen LogP contribution in [0.1, 0.15) is 79.6 Å². The third-order valence-corrected chi connectivity index (χ3v) is 17.5. The summed E-state index contributed by atoms with van der Waals surface area (Å²) in [6.07, 6.45) is -0.851. The Morgan fingerprint density at radius 1 is 0.463 bits per heavy atom. The highest BCUT2D eigenvalue weighted by Crippen LogP contribution is 2.35. The zero-order chi connectivity index (χ0) is 77.6. The van der Waals surface area contributed by atoms with Crippen molar-refractivity contribution in [1.29, 1.82) is 0 Å². The molecule has 10 rings (SSSR count). The molecule has 0 aliphatic rings. The van der Waals surface area contributed by atoms with Crippen LogP contribution in [0.2, 0.25) is 10.0 Å². The standard InChI is InChI=1S/C44H49ClN4O7.C40H41ClN4O7/c1-30(41(50)56-44(2,3)4)49(43(52)55-39(24-31-14-10-8-11-15-31)42(51)53-29-32-16-12-9-13-17-32)27-34-18-21-35(45)25-38(34)54-36-22-19-33(20-23-36)37-26-46-40(48(37)7)28-47(5)6;1-27(38(46)47)45(40(49)52-36(21-28-11-7-5-8-12-28)39(48)50-26-29-13-9-6-10-14-29)24-31-15-18-32(41)22-35(31)51-33-19-16-30(17-20-33)34-23-42-37(44(34)4)25-43(2)3/h8-23,25-26,30,39H,24,27-29H2,1-7H3;5-20,22-23,27,36H,21,24-26H2,1-4H3,(H,46,47)/t30-,39-;27-,36-/m00/s1. The molecule has 1 N–H and O–H groups in total. The van der Waals surface area contributed by atoms with E-state index in [0.717, 1.165) is 61.3 Å². The average molecular weight is 1510 g/mol. The molecule has 2 heterocycles. The largest absolute Gasteiger partial charge is 0.480 e. The summed E-state index contributed by atoms with van der Waals surface area (Å²) >= 11 is 12.8. The molecular weight excluding hydrogens is 1420 g/mol. The Kier molecular flexibility index (Phi) is 28.6. The molecule has 22 nitrogen and oxygen atoms in total. The fourth-order valence-corrected chi connectivity index (χ4v) is 11.5. The van der Waals surface area contributed by atoms with E-state index in [9.17, 15) is 33.9 Å². The normalized spacial score (nSPS) is 12.3. The Morgan fingerprint density at radius 2 is 0.815 bits per heavy atom. The van der Waals surface area contributed by atoms with Gasteiger partial charge in [-0.25, -0.2) is 38.7 Å². The molecule has 108 heavy (non-hydrogen) atoms. The highest BCUT2D eigenvalue weighted by atomic mass is 35.5. The second-order valence-corrected chi connectivity index (χ2v) is 28.1. The van der Waals surface area contributed by atoms with Gasteiger partial charge in [-0.15, -0.1) is 0 Å². The number of carbonyl (C=O) groups is 6. The van der Waals surface area contributed by atoms with Crippen molar-refractivity contribution in [2.75, 3.05) is 28.2 Å². The van der Waals surface area contributed by atoms with Crippen molar-refractivity contribution in [1.82, 2.24) is 38.7 Å². The zero-order valence-electron chi connectivity index (χ0n) is 62.3. The third-order valence-electron chi connectivity index (χ3n) is 17.1. The molecule has 0 saturated carbocycles. The van der Waals surface area contributed by atoms with Gasteiger partial charge < -0.3 is 57.2 Å². The van der Waals surface area contributed by atoms with E-state index >= 15 is 0 Å². The number of halogens is 2. The Balaban J connectivity index is 0.000000250. The van der Waals surface area contributed by atoms with Gasteiger partial charge in [0.05, 0.1) is 50.0 Å². The van der Waals surface area contributed by atoms with Crippen molar-refractivity contribution in [2.45, 2.75) is 117 Å². The number of carboxylic acid groups (broad SMARTS) is 1. The van der Waals surface area contributed by atoms with Gasteiger partial charge in [0.2, 0.25) is 12.2 Å². The zero-order valence-corrected chi connectivity index (χ0v) is 63.9. The SMILES string of the molecule is C[C@@H](C(=O)O)N(Cc1ccc(Cl)cc1Oc1ccc(-c2cnc(CN(C)C)n2C)cc1)C(=O)O[C@@H](Cc1ccccc1)C(=O)OCc1ccccc1.C[C@@H](C(=O)OC(C)(C)C)N(Cc1ccc(Cl)cc1Oc1ccc(-c2cnc(CN(C)C)n2C)cc1)C(=O)O[C@@H](Cc1ccccc1)C(=O)OCc1ccccc1. The number of aromatic nitrogens is 4. The molecule has 2 amide bonds. The molecule has 0 radical (unpaired) electrons. The maximum Gasteiger partial charge on any atom is 0.411 e. The molecule has 8 aromatic carbocycles. The number of carboxylic acids is 1. The first kappa shape index (κ1) is 80.8. The van der Waals surface area contributed by atoms with Gasteiger partial charge in [0.1, 0.15) is 65.5 Å². The van der Waals surface area contributed by atoms with Crippen molar-refractivity contribution in [2.24, 2.45) is 14.1 Å². The van der Waals surface area contributed by atoms with Crippen molar-refractivity contribution >= 4 is 59.3 Å². The molecule has 0 aliphatic heterocycles. The Labute approximate surface area is 639 Å². The highest BCUT2D eigenvalue weighted by Gasteiger charge is 2.37. The van der Waals surface area contributed by atoms with Crippen LogP contribution in [0.15, 0.2) is 219 Å². The second-order valence-electron chi connectivity index (χ2n) is 27.3. The quantitative estimate of drug-likeness (QED) is 0.0325. The average Bonchev–Trinajstić information content (AvgIpc) is 1.62. The summed E-state index contributed by atoms with van der Waals surface area (Å²) in [5.41, 5.74) is 6.97. The molecule has 0 unspecified atom stereocenters. The minimum Gasteiger partial charge on any atom is -0.480 e. The molecule has 0 fully saturated rings. The van der Waals surface area contributed by atoms with E-state index in [2.05, 4.69) is 19.4 Å². The van der Waals surface area contributed by atoms with Crippen LogP contribution in [0.4, 0.5) is 9.59 Å². The predicted molar refractivity (Wildman–Crippen MR) is 412 cm³/mol. The molecule has 0 saturated heterocycles. The van der Waals surface area contributed by atoms with Gasteiger partial charge in [0.25, 0.3) is 0 Å². The highest BCUT2D eigenvalue weighted by molar-refractivity contribution is 6.31. The Bertz CT molecular complexity index is 4630. The predicted octanol–water partition coefficient (Wildman–Crippen LogP) is 16.0. The van der Waals surface area contributed by atoms with E-state index in [-0.39, 0.29) is 39.1 Å². The topological polar surface area (TPSA) is 236 Å². The summed E-state index contributed by atoms with van der Waals surface area (Å²) in [5.74, 6) is 0.141. The summed E-state index contributed by atoms with van der Waals surface area (Å²) in [6, 6.07) is 58.9. The van der Waals surface area contributed by atoms with E-state index in [4.69, 9.17) is 56.4 Å². The fraction of sp³-hybridized carbons (Fsp3) is 0.286. The number of hydrogen-bond donors (Lipinski definition) is 1. The summed E-state index contributed by atoms with van der Waals surface area (Å²) in [4.78, 5) is 96.2. The van der Waals surface area contributed by atoms with Crippen LogP contribution in [0.25, 0.3) is 22.5 Å². The molecule has 0 aliphatic carbocycles.